The monoisotopic (exact) mass is 405 g/mol. The predicted octanol–water partition coefficient (Wildman–Crippen LogP) is 1.33. The lowest BCUT2D eigenvalue weighted by Gasteiger charge is -2.36. The minimum atomic E-state index is -0.792. The Balaban J connectivity index is 1.98. The third-order valence-corrected chi connectivity index (χ3v) is 4.72. The van der Waals surface area contributed by atoms with Crippen LogP contribution in [0.3, 0.4) is 0 Å². The molecule has 28 heavy (non-hydrogen) atoms. The molecule has 152 valence electrons. The number of carbonyl (C=O) groups excluding carboxylic acids is 3. The van der Waals surface area contributed by atoms with Gasteiger partial charge in [0.05, 0.1) is 19.4 Å². The summed E-state index contributed by atoms with van der Waals surface area (Å²) in [6.45, 7) is 6.92. The Morgan fingerprint density at radius 1 is 1.36 bits per heavy atom. The molecule has 8 heteroatoms. The first-order chi connectivity index (χ1) is 13.3. The Morgan fingerprint density at radius 3 is 2.75 bits per heavy atom. The van der Waals surface area contributed by atoms with E-state index in [1.165, 1.54) is 0 Å². The SMILES string of the molecule is Cc1ccccc1CC(=O)NC(=S)N1CCNC(=O)C1CC(=O)OCC(C)C. The van der Waals surface area contributed by atoms with E-state index in [-0.39, 0.29) is 35.7 Å². The molecule has 1 fully saturated rings. The molecule has 1 aromatic carbocycles. The maximum absolute atomic E-state index is 12.4. The Morgan fingerprint density at radius 2 is 2.07 bits per heavy atom. The molecule has 0 bridgehead atoms. The van der Waals surface area contributed by atoms with E-state index in [2.05, 4.69) is 10.6 Å². The molecular weight excluding hydrogens is 378 g/mol. The summed E-state index contributed by atoms with van der Waals surface area (Å²) >= 11 is 5.35. The number of ether oxygens (including phenoxy) is 1. The fourth-order valence-corrected chi connectivity index (χ4v) is 3.19. The number of carbonyl (C=O) groups is 3. The van der Waals surface area contributed by atoms with E-state index < -0.39 is 12.0 Å². The van der Waals surface area contributed by atoms with Crippen molar-refractivity contribution in [2.45, 2.75) is 39.7 Å². The second-order valence-electron chi connectivity index (χ2n) is 7.24. The molecule has 2 amide bonds. The Hall–Kier alpha value is -2.48. The normalized spacial score (nSPS) is 16.5. The highest BCUT2D eigenvalue weighted by molar-refractivity contribution is 7.80. The average molecular weight is 406 g/mol. The second-order valence-corrected chi connectivity index (χ2v) is 7.62. The summed E-state index contributed by atoms with van der Waals surface area (Å²) in [5.41, 5.74) is 1.93. The maximum atomic E-state index is 12.4. The van der Waals surface area contributed by atoms with Gasteiger partial charge >= 0.3 is 5.97 Å². The fourth-order valence-electron chi connectivity index (χ4n) is 2.85. The lowest BCUT2D eigenvalue weighted by atomic mass is 10.1. The van der Waals surface area contributed by atoms with Crippen molar-refractivity contribution in [3.63, 3.8) is 0 Å². The highest BCUT2D eigenvalue weighted by atomic mass is 32.1. The first-order valence-corrected chi connectivity index (χ1v) is 9.77. The van der Waals surface area contributed by atoms with Crippen molar-refractivity contribution in [2.24, 2.45) is 5.92 Å². The molecule has 0 aliphatic carbocycles. The molecular formula is C20H27N3O4S. The molecule has 1 aliphatic rings. The minimum absolute atomic E-state index is 0.119. The van der Waals surface area contributed by atoms with Crippen LogP contribution in [-0.2, 0) is 25.5 Å². The van der Waals surface area contributed by atoms with Crippen LogP contribution in [0.25, 0.3) is 0 Å². The number of benzene rings is 1. The zero-order valence-corrected chi connectivity index (χ0v) is 17.3. The van der Waals surface area contributed by atoms with E-state index in [0.29, 0.717) is 19.7 Å². The highest BCUT2D eigenvalue weighted by Gasteiger charge is 2.34. The van der Waals surface area contributed by atoms with Gasteiger partial charge in [0.2, 0.25) is 11.8 Å². The topological polar surface area (TPSA) is 87.7 Å². The third kappa shape index (κ3) is 6.30. The Kier molecular flexibility index (Phi) is 7.92. The largest absolute Gasteiger partial charge is 0.465 e. The highest BCUT2D eigenvalue weighted by Crippen LogP contribution is 2.12. The molecule has 1 saturated heterocycles. The summed E-state index contributed by atoms with van der Waals surface area (Å²) < 4.78 is 5.18. The zero-order chi connectivity index (χ0) is 20.7. The number of rotatable bonds is 6. The molecule has 1 unspecified atom stereocenters. The smallest absolute Gasteiger partial charge is 0.308 e. The van der Waals surface area contributed by atoms with Crippen molar-refractivity contribution in [2.75, 3.05) is 19.7 Å². The number of piperazine rings is 1. The van der Waals surface area contributed by atoms with E-state index in [9.17, 15) is 14.4 Å². The van der Waals surface area contributed by atoms with Gasteiger partial charge in [0, 0.05) is 13.1 Å². The molecule has 1 aliphatic heterocycles. The molecule has 2 rings (SSSR count). The van der Waals surface area contributed by atoms with Crippen LogP contribution in [-0.4, -0.2) is 53.5 Å². The Labute approximate surface area is 170 Å². The lowest BCUT2D eigenvalue weighted by molar-refractivity contribution is -0.148. The molecule has 0 aromatic heterocycles. The molecule has 2 N–H and O–H groups in total. The first kappa shape index (κ1) is 21.8. The third-order valence-electron chi connectivity index (χ3n) is 4.39. The van der Waals surface area contributed by atoms with Crippen molar-refractivity contribution < 1.29 is 19.1 Å². The number of hydrogen-bond acceptors (Lipinski definition) is 5. The van der Waals surface area contributed by atoms with E-state index >= 15 is 0 Å². The molecule has 1 atom stereocenters. The number of hydrogen-bond donors (Lipinski definition) is 2. The molecule has 1 heterocycles. The van der Waals surface area contributed by atoms with Crippen molar-refractivity contribution in [3.05, 3.63) is 35.4 Å². The number of esters is 1. The van der Waals surface area contributed by atoms with Crippen molar-refractivity contribution in [3.8, 4) is 0 Å². The van der Waals surface area contributed by atoms with E-state index in [1.807, 2.05) is 45.0 Å². The quantitative estimate of drug-likeness (QED) is 0.548. The van der Waals surface area contributed by atoms with Crippen molar-refractivity contribution in [1.29, 1.82) is 0 Å². The number of aryl methyl sites for hydroxylation is 1. The fraction of sp³-hybridized carbons (Fsp3) is 0.500. The Bertz CT molecular complexity index is 751. The summed E-state index contributed by atoms with van der Waals surface area (Å²) in [5, 5.41) is 5.56. The van der Waals surface area contributed by atoms with Crippen LogP contribution in [0.1, 0.15) is 31.4 Å². The van der Waals surface area contributed by atoms with E-state index in [1.54, 1.807) is 4.90 Å². The minimum Gasteiger partial charge on any atom is -0.465 e. The van der Waals surface area contributed by atoms with Gasteiger partial charge in [-0.1, -0.05) is 38.1 Å². The molecule has 0 radical (unpaired) electrons. The second kappa shape index (κ2) is 10.2. The summed E-state index contributed by atoms with van der Waals surface area (Å²) in [6, 6.07) is 6.83. The van der Waals surface area contributed by atoms with Crippen LogP contribution in [0.4, 0.5) is 0 Å². The van der Waals surface area contributed by atoms with Gasteiger partial charge in [-0.15, -0.1) is 0 Å². The molecule has 0 saturated carbocycles. The van der Waals surface area contributed by atoms with Crippen molar-refractivity contribution >= 4 is 35.1 Å². The van der Waals surface area contributed by atoms with Crippen LogP contribution in [0, 0.1) is 12.8 Å². The van der Waals surface area contributed by atoms with Gasteiger partial charge in [-0.2, -0.15) is 0 Å². The molecule has 1 aromatic rings. The lowest BCUT2D eigenvalue weighted by Crippen LogP contribution is -2.60. The van der Waals surface area contributed by atoms with Gasteiger partial charge in [-0.3, -0.25) is 14.4 Å². The van der Waals surface area contributed by atoms with Gasteiger partial charge in [0.15, 0.2) is 5.11 Å². The van der Waals surface area contributed by atoms with Gasteiger partial charge in [0.25, 0.3) is 0 Å². The van der Waals surface area contributed by atoms with Gasteiger partial charge in [-0.25, -0.2) is 0 Å². The van der Waals surface area contributed by atoms with Gasteiger partial charge < -0.3 is 20.3 Å². The summed E-state index contributed by atoms with van der Waals surface area (Å²) in [7, 11) is 0. The van der Waals surface area contributed by atoms with E-state index in [0.717, 1.165) is 11.1 Å². The molecule has 0 spiro atoms. The standard InChI is InChI=1S/C20H27N3O4S/c1-13(2)12-27-18(25)11-16-19(26)21-8-9-23(16)20(28)22-17(24)10-15-7-5-4-6-14(15)3/h4-7,13,16H,8-12H2,1-3H3,(H,21,26)(H,22,24,28). The predicted molar refractivity (Wildman–Crippen MR) is 110 cm³/mol. The first-order valence-electron chi connectivity index (χ1n) is 9.36. The van der Waals surface area contributed by atoms with E-state index in [4.69, 9.17) is 17.0 Å². The number of nitrogens with zero attached hydrogens (tertiary/aromatic N) is 1. The van der Waals surface area contributed by atoms with Gasteiger partial charge in [-0.05, 0) is 36.2 Å². The van der Waals surface area contributed by atoms with Gasteiger partial charge in [0.1, 0.15) is 6.04 Å². The van der Waals surface area contributed by atoms with Crippen LogP contribution >= 0.6 is 12.2 Å². The number of nitrogens with one attached hydrogen (secondary N) is 2. The zero-order valence-electron chi connectivity index (χ0n) is 16.5. The number of amides is 2. The van der Waals surface area contributed by atoms with Crippen molar-refractivity contribution in [1.82, 2.24) is 15.5 Å². The number of thiocarbonyl (C=S) groups is 1. The maximum Gasteiger partial charge on any atom is 0.308 e. The summed E-state index contributed by atoms with van der Waals surface area (Å²) in [4.78, 5) is 38.3. The average Bonchev–Trinajstić information content (AvgIpc) is 2.63. The summed E-state index contributed by atoms with van der Waals surface area (Å²) in [5.74, 6) is -0.813. The van der Waals surface area contributed by atoms with Crippen LogP contribution in [0.15, 0.2) is 24.3 Å². The molecule has 7 nitrogen and oxygen atoms in total. The van der Waals surface area contributed by atoms with Crippen LogP contribution in [0.2, 0.25) is 0 Å². The van der Waals surface area contributed by atoms with Crippen LogP contribution < -0.4 is 10.6 Å². The summed E-state index contributed by atoms with van der Waals surface area (Å²) in [6.07, 6.45) is 0.0697. The van der Waals surface area contributed by atoms with Crippen LogP contribution in [0.5, 0.6) is 0 Å².